The monoisotopic (exact) mass is 362 g/mol. The molecule has 1 aromatic carbocycles. The lowest BCUT2D eigenvalue weighted by Gasteiger charge is -2.33. The molecule has 1 aliphatic rings. The van der Waals surface area contributed by atoms with E-state index in [1.54, 1.807) is 17.0 Å². The van der Waals surface area contributed by atoms with E-state index in [2.05, 4.69) is 0 Å². The van der Waals surface area contributed by atoms with E-state index in [4.69, 9.17) is 4.74 Å². The predicted octanol–water partition coefficient (Wildman–Crippen LogP) is 3.37. The van der Waals surface area contributed by atoms with Crippen molar-refractivity contribution in [2.75, 3.05) is 13.2 Å². The van der Waals surface area contributed by atoms with Crippen molar-refractivity contribution in [3.63, 3.8) is 0 Å². The largest absolute Gasteiger partial charge is 0.451 e. The molecule has 7 nitrogen and oxygen atoms in total. The van der Waals surface area contributed by atoms with Crippen LogP contribution in [0.15, 0.2) is 24.3 Å². The first-order valence-corrected chi connectivity index (χ1v) is 8.92. The van der Waals surface area contributed by atoms with Gasteiger partial charge in [0.05, 0.1) is 4.92 Å². The molecule has 1 amide bonds. The Kier molecular flexibility index (Phi) is 4.98. The van der Waals surface area contributed by atoms with E-state index < -0.39 is 10.9 Å². The summed E-state index contributed by atoms with van der Waals surface area (Å²) in [5.74, 6) is -0.765. The number of non-ortho nitro benzene ring substituents is 1. The molecule has 2 aromatic rings. The minimum atomic E-state index is -0.582. The summed E-state index contributed by atoms with van der Waals surface area (Å²) in [5.41, 5.74) is -0.0283. The number of carbonyl (C=O) groups is 2. The highest BCUT2D eigenvalue weighted by molar-refractivity contribution is 7.20. The summed E-state index contributed by atoms with van der Waals surface area (Å²) >= 11 is 1.19. The molecule has 0 radical (unpaired) electrons. The Morgan fingerprint density at radius 2 is 2.16 bits per heavy atom. The van der Waals surface area contributed by atoms with Crippen LogP contribution in [0, 0.1) is 10.1 Å². The molecule has 132 valence electrons. The van der Waals surface area contributed by atoms with Crippen LogP contribution in [0.3, 0.4) is 0 Å². The summed E-state index contributed by atoms with van der Waals surface area (Å²) in [6, 6.07) is 6.15. The number of likely N-dealkylation sites (tertiary alicyclic amines) is 1. The number of hydrogen-bond donors (Lipinski definition) is 0. The molecular weight excluding hydrogens is 344 g/mol. The molecule has 0 unspecified atom stereocenters. The number of esters is 1. The number of nitro benzene ring substituents is 1. The topological polar surface area (TPSA) is 89.8 Å². The lowest BCUT2D eigenvalue weighted by Crippen LogP contribution is -2.44. The normalized spacial score (nSPS) is 17.5. The van der Waals surface area contributed by atoms with E-state index in [-0.39, 0.29) is 24.2 Å². The SMILES string of the molecule is C[C@H]1CCCCN1C(=O)COC(=O)c1cc2cc([N+](=O)[O-])ccc2s1. The van der Waals surface area contributed by atoms with Crippen molar-refractivity contribution >= 4 is 39.0 Å². The summed E-state index contributed by atoms with van der Waals surface area (Å²) in [4.78, 5) is 36.8. The number of benzene rings is 1. The van der Waals surface area contributed by atoms with Crippen molar-refractivity contribution in [1.82, 2.24) is 4.90 Å². The number of piperidine rings is 1. The number of amides is 1. The summed E-state index contributed by atoms with van der Waals surface area (Å²) < 4.78 is 5.90. The van der Waals surface area contributed by atoms with E-state index in [0.29, 0.717) is 16.8 Å². The van der Waals surface area contributed by atoms with Crippen molar-refractivity contribution in [2.45, 2.75) is 32.2 Å². The zero-order valence-electron chi connectivity index (χ0n) is 13.8. The van der Waals surface area contributed by atoms with Gasteiger partial charge in [-0.1, -0.05) is 0 Å². The van der Waals surface area contributed by atoms with Gasteiger partial charge in [0.2, 0.25) is 0 Å². The Labute approximate surface area is 148 Å². The highest BCUT2D eigenvalue weighted by Crippen LogP contribution is 2.29. The second-order valence-corrected chi connectivity index (χ2v) is 7.18. The highest BCUT2D eigenvalue weighted by atomic mass is 32.1. The van der Waals surface area contributed by atoms with Gasteiger partial charge in [0.15, 0.2) is 6.61 Å². The predicted molar refractivity (Wildman–Crippen MR) is 93.8 cm³/mol. The van der Waals surface area contributed by atoms with Crippen LogP contribution < -0.4 is 0 Å². The third-order valence-electron chi connectivity index (χ3n) is 4.36. The highest BCUT2D eigenvalue weighted by Gasteiger charge is 2.24. The minimum Gasteiger partial charge on any atom is -0.451 e. The summed E-state index contributed by atoms with van der Waals surface area (Å²) in [5, 5.41) is 11.4. The molecule has 0 spiro atoms. The van der Waals surface area contributed by atoms with E-state index in [1.807, 2.05) is 6.92 Å². The Balaban J connectivity index is 1.65. The van der Waals surface area contributed by atoms with Gasteiger partial charge in [-0.25, -0.2) is 4.79 Å². The van der Waals surface area contributed by atoms with Gasteiger partial charge in [-0.3, -0.25) is 14.9 Å². The first-order chi connectivity index (χ1) is 12.0. The van der Waals surface area contributed by atoms with Crippen molar-refractivity contribution in [1.29, 1.82) is 0 Å². The number of nitrogens with zero attached hydrogens (tertiary/aromatic N) is 2. The quantitative estimate of drug-likeness (QED) is 0.472. The number of thiophene rings is 1. The first kappa shape index (κ1) is 17.3. The lowest BCUT2D eigenvalue weighted by atomic mass is 10.0. The van der Waals surface area contributed by atoms with Gasteiger partial charge >= 0.3 is 5.97 Å². The van der Waals surface area contributed by atoms with Crippen LogP contribution in [0.25, 0.3) is 10.1 Å². The zero-order valence-corrected chi connectivity index (χ0v) is 14.6. The molecule has 8 heteroatoms. The van der Waals surface area contributed by atoms with Crippen LogP contribution in [0.1, 0.15) is 35.9 Å². The number of fused-ring (bicyclic) bond motifs is 1. The molecule has 1 fully saturated rings. The summed E-state index contributed by atoms with van der Waals surface area (Å²) in [6.45, 7) is 2.42. The second kappa shape index (κ2) is 7.18. The maximum atomic E-state index is 12.2. The smallest absolute Gasteiger partial charge is 0.348 e. The van der Waals surface area contributed by atoms with Crippen LogP contribution in [-0.2, 0) is 9.53 Å². The second-order valence-electron chi connectivity index (χ2n) is 6.10. The number of ether oxygens (including phenoxy) is 1. The zero-order chi connectivity index (χ0) is 18.0. The number of carbonyl (C=O) groups excluding carboxylic acids is 2. The number of hydrogen-bond acceptors (Lipinski definition) is 6. The Morgan fingerprint density at radius 3 is 2.88 bits per heavy atom. The summed E-state index contributed by atoms with van der Waals surface area (Å²) in [7, 11) is 0. The Bertz CT molecular complexity index is 832. The van der Waals surface area contributed by atoms with Crippen molar-refractivity contribution in [3.8, 4) is 0 Å². The standard InChI is InChI=1S/C17H18N2O5S/c1-11-4-2-3-7-18(11)16(20)10-24-17(21)15-9-12-8-13(19(22)23)5-6-14(12)25-15/h5-6,8-9,11H,2-4,7,10H2,1H3/t11-/m0/s1. The molecule has 0 N–H and O–H groups in total. The van der Waals surface area contributed by atoms with Crippen LogP contribution in [-0.4, -0.2) is 40.9 Å². The lowest BCUT2D eigenvalue weighted by molar-refractivity contribution is -0.384. The maximum absolute atomic E-state index is 12.2. The van der Waals surface area contributed by atoms with Gasteiger partial charge in [-0.15, -0.1) is 11.3 Å². The van der Waals surface area contributed by atoms with Crippen LogP contribution in [0.2, 0.25) is 0 Å². The van der Waals surface area contributed by atoms with E-state index in [0.717, 1.165) is 24.0 Å². The van der Waals surface area contributed by atoms with Gasteiger partial charge in [-0.2, -0.15) is 0 Å². The molecule has 25 heavy (non-hydrogen) atoms. The average molecular weight is 362 g/mol. The van der Waals surface area contributed by atoms with Gasteiger partial charge in [0, 0.05) is 34.8 Å². The van der Waals surface area contributed by atoms with Crippen molar-refractivity contribution in [3.05, 3.63) is 39.3 Å². The Morgan fingerprint density at radius 1 is 1.36 bits per heavy atom. The minimum absolute atomic E-state index is 0.0283. The van der Waals surface area contributed by atoms with Crippen LogP contribution in [0.5, 0.6) is 0 Å². The molecule has 1 aromatic heterocycles. The Hall–Kier alpha value is -2.48. The number of nitro groups is 1. The first-order valence-electron chi connectivity index (χ1n) is 8.10. The molecule has 0 aliphatic carbocycles. The fraction of sp³-hybridized carbons (Fsp3) is 0.412. The van der Waals surface area contributed by atoms with E-state index in [9.17, 15) is 19.7 Å². The van der Waals surface area contributed by atoms with Crippen LogP contribution >= 0.6 is 11.3 Å². The third kappa shape index (κ3) is 3.79. The molecular formula is C17H18N2O5S. The van der Waals surface area contributed by atoms with Crippen LogP contribution in [0.4, 0.5) is 5.69 Å². The van der Waals surface area contributed by atoms with Gasteiger partial charge < -0.3 is 9.64 Å². The van der Waals surface area contributed by atoms with Gasteiger partial charge in [0.25, 0.3) is 11.6 Å². The molecule has 3 rings (SSSR count). The molecule has 0 bridgehead atoms. The van der Waals surface area contributed by atoms with Gasteiger partial charge in [-0.05, 0) is 38.3 Å². The molecule has 1 aliphatic heterocycles. The number of rotatable bonds is 4. The maximum Gasteiger partial charge on any atom is 0.348 e. The molecule has 1 saturated heterocycles. The summed E-state index contributed by atoms with van der Waals surface area (Å²) in [6.07, 6.45) is 3.05. The van der Waals surface area contributed by atoms with E-state index >= 15 is 0 Å². The molecule has 2 heterocycles. The fourth-order valence-corrected chi connectivity index (χ4v) is 3.93. The third-order valence-corrected chi connectivity index (χ3v) is 5.46. The molecule has 0 saturated carbocycles. The average Bonchev–Trinajstić information content (AvgIpc) is 3.03. The van der Waals surface area contributed by atoms with Gasteiger partial charge in [0.1, 0.15) is 4.88 Å². The fourth-order valence-electron chi connectivity index (χ4n) is 2.99. The molecule has 1 atom stereocenters. The van der Waals surface area contributed by atoms with Crippen molar-refractivity contribution in [2.24, 2.45) is 0 Å². The van der Waals surface area contributed by atoms with E-state index in [1.165, 1.54) is 23.5 Å². The van der Waals surface area contributed by atoms with Crippen molar-refractivity contribution < 1.29 is 19.2 Å².